The predicted molar refractivity (Wildman–Crippen MR) is 179 cm³/mol. The fraction of sp³-hybridized carbons (Fsp3) is 0.314. The Bertz CT molecular complexity index is 1670. The topological polar surface area (TPSA) is 102 Å². The van der Waals surface area contributed by atoms with Crippen molar-refractivity contribution in [3.05, 3.63) is 101 Å². The van der Waals surface area contributed by atoms with E-state index < -0.39 is 17.7 Å². The van der Waals surface area contributed by atoms with Gasteiger partial charge < -0.3 is 14.6 Å². The molecule has 0 aliphatic carbocycles. The Morgan fingerprint density at radius 3 is 2.22 bits per heavy atom. The fourth-order valence-corrected chi connectivity index (χ4v) is 6.80. The van der Waals surface area contributed by atoms with Gasteiger partial charge in [0.15, 0.2) is 4.34 Å². The minimum atomic E-state index is -0.966. The van der Waals surface area contributed by atoms with Crippen molar-refractivity contribution in [1.82, 2.24) is 10.2 Å². The van der Waals surface area contributed by atoms with Crippen LogP contribution in [0.3, 0.4) is 0 Å². The predicted octanol–water partition coefficient (Wildman–Crippen LogP) is 8.34. The number of aliphatic hydroxyl groups excluding tert-OH is 1. The van der Waals surface area contributed by atoms with Gasteiger partial charge in [-0.2, -0.15) is 0 Å². The zero-order chi connectivity index (χ0) is 32.5. The third-order valence-corrected chi connectivity index (χ3v) is 9.57. The van der Waals surface area contributed by atoms with Crippen LogP contribution in [0.15, 0.2) is 82.7 Å². The molecular formula is C35H36FN3O5S2. The number of unbranched alkanes of at least 4 members (excludes halogenated alkanes) is 3. The average Bonchev–Trinajstić information content (AvgIpc) is 3.64. The summed E-state index contributed by atoms with van der Waals surface area (Å²) in [6.45, 7) is 5.37. The van der Waals surface area contributed by atoms with Crippen LogP contribution in [0.25, 0.3) is 5.76 Å². The van der Waals surface area contributed by atoms with Gasteiger partial charge in [-0.25, -0.2) is 4.39 Å². The molecule has 5 rings (SSSR count). The molecule has 46 heavy (non-hydrogen) atoms. The van der Waals surface area contributed by atoms with Gasteiger partial charge in [-0.15, -0.1) is 10.2 Å². The van der Waals surface area contributed by atoms with Crippen LogP contribution in [-0.4, -0.2) is 40.2 Å². The summed E-state index contributed by atoms with van der Waals surface area (Å²) in [5.74, 6) is -0.645. The smallest absolute Gasteiger partial charge is 0.301 e. The largest absolute Gasteiger partial charge is 0.507 e. The molecule has 1 N–H and O–H groups in total. The second kappa shape index (κ2) is 15.9. The van der Waals surface area contributed by atoms with Crippen molar-refractivity contribution in [1.29, 1.82) is 0 Å². The molecule has 11 heteroatoms. The first-order chi connectivity index (χ1) is 22.4. The number of rotatable bonds is 15. The maximum atomic E-state index is 14.2. The summed E-state index contributed by atoms with van der Waals surface area (Å²) in [5.41, 5.74) is 1.43. The summed E-state index contributed by atoms with van der Waals surface area (Å²) in [4.78, 5) is 28.5. The summed E-state index contributed by atoms with van der Waals surface area (Å²) in [5, 5.41) is 20.2. The Labute approximate surface area is 276 Å². The van der Waals surface area contributed by atoms with Crippen LogP contribution in [-0.2, 0) is 15.3 Å². The van der Waals surface area contributed by atoms with Gasteiger partial charge in [0.1, 0.15) is 23.1 Å². The van der Waals surface area contributed by atoms with Gasteiger partial charge in [0.25, 0.3) is 5.78 Å². The zero-order valence-electron chi connectivity index (χ0n) is 25.8. The minimum Gasteiger partial charge on any atom is -0.507 e. The summed E-state index contributed by atoms with van der Waals surface area (Å²) in [7, 11) is 0. The van der Waals surface area contributed by atoms with E-state index >= 15 is 0 Å². The number of hydrogen-bond donors (Lipinski definition) is 1. The van der Waals surface area contributed by atoms with Crippen LogP contribution in [0.5, 0.6) is 11.5 Å². The molecule has 1 aromatic heterocycles. The molecule has 1 amide bonds. The SMILES string of the molecule is CCCCCOc1ccc([C@H]2C(=C(O)c3ccc(OCCCC)cc3)C(=O)C(=O)N2c2nnc(SCc3ccccc3F)s2)cc1. The number of aliphatic hydroxyl groups is 1. The van der Waals surface area contributed by atoms with Gasteiger partial charge in [0.05, 0.1) is 24.8 Å². The summed E-state index contributed by atoms with van der Waals surface area (Å²) >= 11 is 2.41. The number of hydrogen-bond acceptors (Lipinski definition) is 9. The molecule has 1 fully saturated rings. The molecule has 0 bridgehead atoms. The molecule has 3 aromatic carbocycles. The maximum Gasteiger partial charge on any atom is 0.301 e. The molecule has 8 nitrogen and oxygen atoms in total. The van der Waals surface area contributed by atoms with Gasteiger partial charge in [-0.3, -0.25) is 14.5 Å². The summed E-state index contributed by atoms with van der Waals surface area (Å²) < 4.78 is 26.3. The van der Waals surface area contributed by atoms with Crippen molar-refractivity contribution < 1.29 is 28.6 Å². The molecule has 2 heterocycles. The molecule has 0 spiro atoms. The van der Waals surface area contributed by atoms with Crippen LogP contribution < -0.4 is 14.4 Å². The Morgan fingerprint density at radius 2 is 1.54 bits per heavy atom. The number of aromatic nitrogens is 2. The second-order valence-electron chi connectivity index (χ2n) is 10.8. The summed E-state index contributed by atoms with van der Waals surface area (Å²) in [6.07, 6.45) is 5.02. The van der Waals surface area contributed by atoms with E-state index in [4.69, 9.17) is 9.47 Å². The van der Waals surface area contributed by atoms with Gasteiger partial charge in [-0.05, 0) is 66.4 Å². The van der Waals surface area contributed by atoms with E-state index in [0.29, 0.717) is 51.5 Å². The van der Waals surface area contributed by atoms with E-state index in [1.54, 1.807) is 66.7 Å². The zero-order valence-corrected chi connectivity index (χ0v) is 27.4. The van der Waals surface area contributed by atoms with Crippen molar-refractivity contribution >= 4 is 45.7 Å². The Kier molecular flexibility index (Phi) is 11.4. The number of nitrogens with zero attached hydrogens (tertiary/aromatic N) is 3. The van der Waals surface area contributed by atoms with E-state index in [0.717, 1.165) is 43.4 Å². The minimum absolute atomic E-state index is 0.0583. The van der Waals surface area contributed by atoms with Crippen LogP contribution >= 0.6 is 23.1 Å². The normalized spacial score (nSPS) is 15.8. The number of anilines is 1. The van der Waals surface area contributed by atoms with E-state index in [9.17, 15) is 19.1 Å². The van der Waals surface area contributed by atoms with Crippen molar-refractivity contribution in [3.63, 3.8) is 0 Å². The van der Waals surface area contributed by atoms with Gasteiger partial charge >= 0.3 is 5.91 Å². The molecule has 4 aromatic rings. The highest BCUT2D eigenvalue weighted by Gasteiger charge is 2.48. The first-order valence-corrected chi connectivity index (χ1v) is 17.2. The number of benzene rings is 3. The number of halogens is 1. The Balaban J connectivity index is 1.47. The molecule has 1 saturated heterocycles. The average molecular weight is 662 g/mol. The number of carbonyl (C=O) groups is 2. The van der Waals surface area contributed by atoms with Crippen LogP contribution in [0.1, 0.15) is 68.7 Å². The van der Waals surface area contributed by atoms with Crippen molar-refractivity contribution in [2.75, 3.05) is 18.1 Å². The molecule has 240 valence electrons. The molecule has 1 aliphatic rings. The standard InChI is InChI=1S/C35H36FN3O5S2/c1-3-5-9-21-44-26-16-12-23(13-17-26)30-29(31(40)24-14-18-27(19-15-24)43-20-6-4-2)32(41)33(42)39(30)34-37-38-35(46-34)45-22-25-10-7-8-11-28(25)36/h7-8,10-19,30,40H,3-6,9,20-22H2,1-2H3/t30-/m0/s1. The van der Waals surface area contributed by atoms with Crippen molar-refractivity contribution in [2.24, 2.45) is 0 Å². The number of ketones is 1. The highest BCUT2D eigenvalue weighted by molar-refractivity contribution is 8.00. The Morgan fingerprint density at radius 1 is 0.891 bits per heavy atom. The van der Waals surface area contributed by atoms with Crippen LogP contribution in [0.2, 0.25) is 0 Å². The first-order valence-electron chi connectivity index (χ1n) is 15.4. The first kappa shape index (κ1) is 33.2. The van der Waals surface area contributed by atoms with E-state index in [2.05, 4.69) is 24.0 Å². The Hall–Kier alpha value is -4.22. The second-order valence-corrected chi connectivity index (χ2v) is 12.9. The summed E-state index contributed by atoms with van der Waals surface area (Å²) in [6, 6.07) is 19.5. The quantitative estimate of drug-likeness (QED) is 0.0339. The van der Waals surface area contributed by atoms with E-state index in [1.807, 2.05) is 0 Å². The molecule has 1 atom stereocenters. The third kappa shape index (κ3) is 7.76. The number of ether oxygens (including phenoxy) is 2. The number of amides is 1. The van der Waals surface area contributed by atoms with Gasteiger partial charge in [0.2, 0.25) is 5.13 Å². The van der Waals surface area contributed by atoms with Crippen LogP contribution in [0, 0.1) is 5.82 Å². The molecular weight excluding hydrogens is 626 g/mol. The lowest BCUT2D eigenvalue weighted by atomic mass is 9.95. The molecule has 0 unspecified atom stereocenters. The van der Waals surface area contributed by atoms with Crippen molar-refractivity contribution in [2.45, 2.75) is 62.1 Å². The molecule has 0 saturated carbocycles. The monoisotopic (exact) mass is 661 g/mol. The fourth-order valence-electron chi connectivity index (χ4n) is 4.95. The lowest BCUT2D eigenvalue weighted by Gasteiger charge is -2.22. The van der Waals surface area contributed by atoms with E-state index in [-0.39, 0.29) is 22.3 Å². The highest BCUT2D eigenvalue weighted by atomic mass is 32.2. The number of carbonyl (C=O) groups excluding carboxylic acids is 2. The molecule has 0 radical (unpaired) electrons. The van der Waals surface area contributed by atoms with Crippen molar-refractivity contribution in [3.8, 4) is 11.5 Å². The lowest BCUT2D eigenvalue weighted by Crippen LogP contribution is -2.29. The lowest BCUT2D eigenvalue weighted by molar-refractivity contribution is -0.132. The van der Waals surface area contributed by atoms with Gasteiger partial charge in [0, 0.05) is 11.3 Å². The van der Waals surface area contributed by atoms with Gasteiger partial charge in [-0.1, -0.05) is 86.5 Å². The third-order valence-electron chi connectivity index (χ3n) is 7.46. The maximum absolute atomic E-state index is 14.2. The number of Topliss-reactive ketones (excluding diaryl/α,β-unsaturated/α-hetero) is 1. The van der Waals surface area contributed by atoms with Crippen LogP contribution in [0.4, 0.5) is 9.52 Å². The van der Waals surface area contributed by atoms with E-state index in [1.165, 1.54) is 22.7 Å². The molecule has 1 aliphatic heterocycles. The highest BCUT2D eigenvalue weighted by Crippen LogP contribution is 2.44. The number of thioether (sulfide) groups is 1.